The fourth-order valence-corrected chi connectivity index (χ4v) is 2.70. The molecule has 3 rings (SSSR count). The number of aromatic hydroxyl groups is 1. The molecule has 32 heavy (non-hydrogen) atoms. The maximum Gasteiger partial charge on any atom is 0.343 e. The number of nitro groups is 1. The minimum atomic E-state index is -0.677. The van der Waals surface area contributed by atoms with E-state index in [1.54, 1.807) is 6.92 Å². The monoisotopic (exact) mass is 435 g/mol. The second kappa shape index (κ2) is 9.47. The van der Waals surface area contributed by atoms with Crippen LogP contribution in [0.2, 0.25) is 0 Å². The molecule has 10 nitrogen and oxygen atoms in total. The highest BCUT2D eigenvalue weighted by Crippen LogP contribution is 2.32. The highest BCUT2D eigenvalue weighted by molar-refractivity contribution is 5.95. The summed E-state index contributed by atoms with van der Waals surface area (Å²) in [6.07, 6.45) is 0. The third kappa shape index (κ3) is 5.11. The van der Waals surface area contributed by atoms with E-state index in [1.807, 2.05) is 0 Å². The van der Waals surface area contributed by atoms with Gasteiger partial charge in [-0.3, -0.25) is 10.1 Å². The van der Waals surface area contributed by atoms with Gasteiger partial charge in [0.15, 0.2) is 0 Å². The van der Waals surface area contributed by atoms with Crippen LogP contribution in [0.3, 0.4) is 0 Å². The molecule has 0 fully saturated rings. The zero-order valence-corrected chi connectivity index (χ0v) is 17.0. The van der Waals surface area contributed by atoms with Gasteiger partial charge in [0, 0.05) is 18.2 Å². The number of rotatable bonds is 6. The first-order valence-electron chi connectivity index (χ1n) is 9.19. The molecule has 162 valence electrons. The Morgan fingerprint density at radius 2 is 1.69 bits per heavy atom. The number of esters is 2. The molecular weight excluding hydrogens is 418 g/mol. The van der Waals surface area contributed by atoms with Gasteiger partial charge in [-0.25, -0.2) is 9.59 Å². The van der Waals surface area contributed by atoms with Crippen LogP contribution >= 0.6 is 0 Å². The first kappa shape index (κ1) is 22.1. The van der Waals surface area contributed by atoms with Crippen LogP contribution in [-0.4, -0.2) is 29.1 Å². The third-order valence-corrected chi connectivity index (χ3v) is 4.36. The Hall–Kier alpha value is -4.60. The molecule has 0 saturated carbocycles. The Kier molecular flexibility index (Phi) is 6.54. The number of benzene rings is 3. The van der Waals surface area contributed by atoms with Gasteiger partial charge in [-0.1, -0.05) is 0 Å². The third-order valence-electron chi connectivity index (χ3n) is 4.36. The smallest absolute Gasteiger partial charge is 0.343 e. The zero-order valence-electron chi connectivity index (χ0n) is 17.0. The largest absolute Gasteiger partial charge is 0.505 e. The molecule has 0 saturated heterocycles. The number of aryl methyl sites for hydroxylation is 1. The van der Waals surface area contributed by atoms with Gasteiger partial charge >= 0.3 is 11.9 Å². The molecule has 0 spiro atoms. The van der Waals surface area contributed by atoms with Gasteiger partial charge in [0.05, 0.1) is 28.8 Å². The van der Waals surface area contributed by atoms with Crippen LogP contribution in [-0.2, 0) is 4.74 Å². The van der Waals surface area contributed by atoms with Crippen molar-refractivity contribution in [2.75, 3.05) is 7.11 Å². The molecule has 1 N–H and O–H groups in total. The number of hydrogen-bond donors (Lipinski definition) is 1. The summed E-state index contributed by atoms with van der Waals surface area (Å²) in [6.45, 7) is 1.67. The van der Waals surface area contributed by atoms with Crippen LogP contribution in [0.25, 0.3) is 0 Å². The first-order chi connectivity index (χ1) is 15.3. The molecule has 3 aromatic rings. The molecule has 0 aromatic heterocycles. The number of phenols is 1. The summed E-state index contributed by atoms with van der Waals surface area (Å²) >= 11 is 0. The van der Waals surface area contributed by atoms with E-state index in [2.05, 4.69) is 15.0 Å². The molecule has 0 atom stereocenters. The van der Waals surface area contributed by atoms with Crippen molar-refractivity contribution in [3.8, 4) is 11.5 Å². The van der Waals surface area contributed by atoms with Gasteiger partial charge in [0.2, 0.25) is 0 Å². The number of azo groups is 1. The summed E-state index contributed by atoms with van der Waals surface area (Å²) in [6, 6.07) is 13.9. The van der Waals surface area contributed by atoms with Gasteiger partial charge in [-0.15, -0.1) is 5.11 Å². The molecule has 0 radical (unpaired) electrons. The van der Waals surface area contributed by atoms with Gasteiger partial charge in [-0.05, 0) is 55.0 Å². The number of methoxy groups -OCH3 is 1. The lowest BCUT2D eigenvalue weighted by Crippen LogP contribution is -2.10. The average molecular weight is 435 g/mol. The summed E-state index contributed by atoms with van der Waals surface area (Å²) < 4.78 is 9.94. The summed E-state index contributed by atoms with van der Waals surface area (Å²) in [7, 11) is 1.27. The number of phenolic OH excluding ortho intramolecular Hbond substituents is 1. The van der Waals surface area contributed by atoms with Crippen LogP contribution in [0.4, 0.5) is 17.1 Å². The van der Waals surface area contributed by atoms with E-state index >= 15 is 0 Å². The van der Waals surface area contributed by atoms with Gasteiger partial charge in [-0.2, -0.15) is 5.11 Å². The minimum absolute atomic E-state index is 0.0758. The van der Waals surface area contributed by atoms with Crippen molar-refractivity contribution in [1.29, 1.82) is 0 Å². The standard InChI is InChI=1S/C22H17N3O7/c1-13-11-14(3-9-18(13)22(28)31-2)21(27)32-17-8-10-19(20(26)12-17)24-23-15-4-6-16(7-5-15)25(29)30/h3-12,26H,1-2H3. The van der Waals surface area contributed by atoms with Crippen LogP contribution < -0.4 is 4.74 Å². The average Bonchev–Trinajstić information content (AvgIpc) is 2.78. The van der Waals surface area contributed by atoms with E-state index in [1.165, 1.54) is 67.8 Å². The van der Waals surface area contributed by atoms with Crippen molar-refractivity contribution in [2.45, 2.75) is 6.92 Å². The van der Waals surface area contributed by atoms with Crippen LogP contribution in [0.5, 0.6) is 11.5 Å². The Bertz CT molecular complexity index is 1220. The van der Waals surface area contributed by atoms with Crippen LogP contribution in [0.1, 0.15) is 26.3 Å². The molecule has 3 aromatic carbocycles. The van der Waals surface area contributed by atoms with Crippen molar-refractivity contribution in [3.05, 3.63) is 87.5 Å². The number of ether oxygens (including phenoxy) is 2. The minimum Gasteiger partial charge on any atom is -0.505 e. The molecule has 0 unspecified atom stereocenters. The second-order valence-corrected chi connectivity index (χ2v) is 6.53. The van der Waals surface area contributed by atoms with E-state index in [0.29, 0.717) is 16.8 Å². The summed E-state index contributed by atoms with van der Waals surface area (Å²) in [5, 5.41) is 28.6. The fourth-order valence-electron chi connectivity index (χ4n) is 2.70. The molecule has 0 heterocycles. The van der Waals surface area contributed by atoms with E-state index in [9.17, 15) is 24.8 Å². The van der Waals surface area contributed by atoms with E-state index in [-0.39, 0.29) is 28.4 Å². The Balaban J connectivity index is 1.71. The summed E-state index contributed by atoms with van der Waals surface area (Å²) in [4.78, 5) is 34.2. The summed E-state index contributed by atoms with van der Waals surface area (Å²) in [5.74, 6) is -1.38. The molecular formula is C22H17N3O7. The topological polar surface area (TPSA) is 141 Å². The Morgan fingerprint density at radius 3 is 2.28 bits per heavy atom. The molecule has 10 heteroatoms. The van der Waals surface area contributed by atoms with E-state index < -0.39 is 16.9 Å². The lowest BCUT2D eigenvalue weighted by molar-refractivity contribution is -0.384. The summed E-state index contributed by atoms with van der Waals surface area (Å²) in [5.41, 5.74) is 1.50. The van der Waals surface area contributed by atoms with E-state index in [0.717, 1.165) is 0 Å². The lowest BCUT2D eigenvalue weighted by Gasteiger charge is -2.08. The van der Waals surface area contributed by atoms with Crippen molar-refractivity contribution >= 4 is 29.0 Å². The quantitative estimate of drug-likeness (QED) is 0.188. The first-order valence-corrected chi connectivity index (χ1v) is 9.19. The van der Waals surface area contributed by atoms with Crippen molar-refractivity contribution in [3.63, 3.8) is 0 Å². The van der Waals surface area contributed by atoms with Crippen LogP contribution in [0, 0.1) is 17.0 Å². The predicted molar refractivity (Wildman–Crippen MR) is 113 cm³/mol. The molecule has 0 bridgehead atoms. The normalized spacial score (nSPS) is 10.7. The number of carbonyl (C=O) groups excluding carboxylic acids is 2. The molecule has 0 aliphatic heterocycles. The molecule has 0 amide bonds. The number of nitro benzene ring substituents is 1. The lowest BCUT2D eigenvalue weighted by atomic mass is 10.1. The Labute approximate surface area is 181 Å². The zero-order chi connectivity index (χ0) is 23.3. The van der Waals surface area contributed by atoms with E-state index in [4.69, 9.17) is 4.74 Å². The number of hydrogen-bond acceptors (Lipinski definition) is 9. The SMILES string of the molecule is COC(=O)c1ccc(C(=O)Oc2ccc(N=Nc3ccc([N+](=O)[O-])cc3)c(O)c2)cc1C. The fraction of sp³-hybridized carbons (Fsp3) is 0.0909. The number of carbonyl (C=O) groups is 2. The van der Waals surface area contributed by atoms with Crippen molar-refractivity contribution in [2.24, 2.45) is 10.2 Å². The number of non-ortho nitro benzene ring substituents is 1. The Morgan fingerprint density at radius 1 is 0.969 bits per heavy atom. The highest BCUT2D eigenvalue weighted by Gasteiger charge is 2.15. The molecule has 0 aliphatic carbocycles. The second-order valence-electron chi connectivity index (χ2n) is 6.53. The predicted octanol–water partition coefficient (Wildman–Crippen LogP) is 5.03. The van der Waals surface area contributed by atoms with Gasteiger partial charge in [0.1, 0.15) is 17.2 Å². The highest BCUT2D eigenvalue weighted by atomic mass is 16.6. The number of nitrogens with zero attached hydrogens (tertiary/aromatic N) is 3. The van der Waals surface area contributed by atoms with Gasteiger partial charge < -0.3 is 14.6 Å². The van der Waals surface area contributed by atoms with Crippen LogP contribution in [0.15, 0.2) is 70.9 Å². The maximum atomic E-state index is 12.4. The maximum absolute atomic E-state index is 12.4. The van der Waals surface area contributed by atoms with Gasteiger partial charge in [0.25, 0.3) is 5.69 Å². The van der Waals surface area contributed by atoms with Crippen molar-refractivity contribution < 1.29 is 29.1 Å². The molecule has 0 aliphatic rings. The van der Waals surface area contributed by atoms with Crippen molar-refractivity contribution in [1.82, 2.24) is 0 Å².